The second-order valence-electron chi connectivity index (χ2n) is 5.45. The Hall–Kier alpha value is -1.21. The van der Waals surface area contributed by atoms with E-state index in [1.54, 1.807) is 12.1 Å². The fourth-order valence-electron chi connectivity index (χ4n) is 3.02. The van der Waals surface area contributed by atoms with Gasteiger partial charge in [-0.05, 0) is 25.1 Å². The lowest BCUT2D eigenvalue weighted by molar-refractivity contribution is -0.385. The minimum Gasteiger partial charge on any atom is -0.346 e. The normalized spacial score (nSPS) is 21.8. The van der Waals surface area contributed by atoms with E-state index in [2.05, 4.69) is 4.90 Å². The van der Waals surface area contributed by atoms with Gasteiger partial charge in [0.25, 0.3) is 5.69 Å². The molecule has 1 aromatic carbocycles. The maximum atomic E-state index is 11.1. The molecule has 0 N–H and O–H groups in total. The summed E-state index contributed by atoms with van der Waals surface area (Å²) in [6, 6.07) is 4.81. The Morgan fingerprint density at radius 3 is 2.86 bits per heavy atom. The van der Waals surface area contributed by atoms with Crippen LogP contribution in [0.25, 0.3) is 0 Å². The predicted molar refractivity (Wildman–Crippen MR) is 77.3 cm³/mol. The number of piperidine rings is 1. The van der Waals surface area contributed by atoms with Crippen LogP contribution in [0.15, 0.2) is 18.2 Å². The highest BCUT2D eigenvalue weighted by molar-refractivity contribution is 6.30. The highest BCUT2D eigenvalue weighted by Crippen LogP contribution is 2.32. The molecule has 2 aliphatic heterocycles. The fourth-order valence-corrected chi connectivity index (χ4v) is 3.19. The summed E-state index contributed by atoms with van der Waals surface area (Å²) < 4.78 is 11.5. The van der Waals surface area contributed by atoms with E-state index in [4.69, 9.17) is 21.1 Å². The van der Waals surface area contributed by atoms with Crippen molar-refractivity contribution in [2.24, 2.45) is 0 Å². The van der Waals surface area contributed by atoms with E-state index in [1.165, 1.54) is 6.07 Å². The molecule has 21 heavy (non-hydrogen) atoms. The molecule has 2 fully saturated rings. The van der Waals surface area contributed by atoms with Crippen molar-refractivity contribution in [3.8, 4) is 0 Å². The van der Waals surface area contributed by atoms with Crippen LogP contribution in [0.5, 0.6) is 0 Å². The first-order valence-corrected chi connectivity index (χ1v) is 7.39. The molecular weight excluding hydrogens is 296 g/mol. The predicted octanol–water partition coefficient (Wildman–Crippen LogP) is 2.59. The number of hydrogen-bond acceptors (Lipinski definition) is 5. The standard InChI is InChI=1S/C14H17ClN2O4/c15-12-3-2-11(13(8-12)17(18)19)9-16-5-1-4-14(10-16)20-6-7-21-14/h2-3,8H,1,4-7,9-10H2. The molecule has 0 saturated carbocycles. The molecule has 7 heteroatoms. The van der Waals surface area contributed by atoms with Crippen molar-refractivity contribution >= 4 is 17.3 Å². The maximum Gasteiger partial charge on any atom is 0.275 e. The van der Waals surface area contributed by atoms with Gasteiger partial charge in [-0.3, -0.25) is 15.0 Å². The van der Waals surface area contributed by atoms with Crippen molar-refractivity contribution in [2.45, 2.75) is 25.2 Å². The summed E-state index contributed by atoms with van der Waals surface area (Å²) in [4.78, 5) is 12.9. The van der Waals surface area contributed by atoms with E-state index >= 15 is 0 Å². The fraction of sp³-hybridized carbons (Fsp3) is 0.571. The van der Waals surface area contributed by atoms with E-state index in [0.717, 1.165) is 19.4 Å². The number of nitro benzene ring substituents is 1. The quantitative estimate of drug-likeness (QED) is 0.634. The van der Waals surface area contributed by atoms with Crippen molar-refractivity contribution < 1.29 is 14.4 Å². The van der Waals surface area contributed by atoms with E-state index < -0.39 is 5.79 Å². The van der Waals surface area contributed by atoms with Crippen LogP contribution in [0.3, 0.4) is 0 Å². The second kappa shape index (κ2) is 5.88. The molecule has 2 heterocycles. The van der Waals surface area contributed by atoms with Crippen LogP contribution in [0.2, 0.25) is 5.02 Å². The van der Waals surface area contributed by atoms with Crippen molar-refractivity contribution in [1.82, 2.24) is 4.90 Å². The number of nitrogens with zero attached hydrogens (tertiary/aromatic N) is 2. The van der Waals surface area contributed by atoms with E-state index in [0.29, 0.717) is 36.9 Å². The van der Waals surface area contributed by atoms with Gasteiger partial charge in [-0.25, -0.2) is 0 Å². The third-order valence-electron chi connectivity index (χ3n) is 3.95. The van der Waals surface area contributed by atoms with Gasteiger partial charge >= 0.3 is 0 Å². The molecule has 2 aliphatic rings. The van der Waals surface area contributed by atoms with Crippen molar-refractivity contribution in [1.29, 1.82) is 0 Å². The Morgan fingerprint density at radius 1 is 1.38 bits per heavy atom. The van der Waals surface area contributed by atoms with Gasteiger partial charge in [0.05, 0.1) is 24.7 Å². The lowest BCUT2D eigenvalue weighted by Crippen LogP contribution is -2.48. The molecule has 0 aliphatic carbocycles. The van der Waals surface area contributed by atoms with Gasteiger partial charge < -0.3 is 9.47 Å². The van der Waals surface area contributed by atoms with Crippen molar-refractivity contribution in [3.05, 3.63) is 38.9 Å². The smallest absolute Gasteiger partial charge is 0.275 e. The van der Waals surface area contributed by atoms with Gasteiger partial charge in [-0.1, -0.05) is 11.6 Å². The van der Waals surface area contributed by atoms with Crippen molar-refractivity contribution in [3.63, 3.8) is 0 Å². The summed E-state index contributed by atoms with van der Waals surface area (Å²) in [6.45, 7) is 3.27. The minimum absolute atomic E-state index is 0.0652. The Kier molecular flexibility index (Phi) is 4.12. The SMILES string of the molecule is O=[N+]([O-])c1cc(Cl)ccc1CN1CCCC2(C1)OCCO2. The zero-order valence-electron chi connectivity index (χ0n) is 11.6. The summed E-state index contributed by atoms with van der Waals surface area (Å²) in [5, 5.41) is 11.5. The number of likely N-dealkylation sites (tertiary alicyclic amines) is 1. The molecule has 1 spiro atoms. The number of nitro groups is 1. The lowest BCUT2D eigenvalue weighted by Gasteiger charge is -2.38. The number of rotatable bonds is 3. The molecule has 0 aromatic heterocycles. The summed E-state index contributed by atoms with van der Waals surface area (Å²) >= 11 is 5.84. The Morgan fingerprint density at radius 2 is 2.14 bits per heavy atom. The van der Waals surface area contributed by atoms with Crippen LogP contribution in [0.4, 0.5) is 5.69 Å². The number of halogens is 1. The maximum absolute atomic E-state index is 11.1. The van der Waals surface area contributed by atoms with Crippen LogP contribution in [0, 0.1) is 10.1 Å². The summed E-state index contributed by atoms with van der Waals surface area (Å²) in [7, 11) is 0. The molecule has 6 nitrogen and oxygen atoms in total. The molecule has 0 unspecified atom stereocenters. The third kappa shape index (κ3) is 3.18. The van der Waals surface area contributed by atoms with Crippen LogP contribution in [-0.4, -0.2) is 41.9 Å². The van der Waals surface area contributed by atoms with Crippen LogP contribution in [0.1, 0.15) is 18.4 Å². The molecule has 114 valence electrons. The number of benzene rings is 1. The Labute approximate surface area is 127 Å². The molecule has 1 aromatic rings. The first-order chi connectivity index (χ1) is 10.1. The zero-order valence-corrected chi connectivity index (χ0v) is 12.3. The highest BCUT2D eigenvalue weighted by atomic mass is 35.5. The molecule has 0 radical (unpaired) electrons. The van der Waals surface area contributed by atoms with Gasteiger partial charge in [0.2, 0.25) is 0 Å². The topological polar surface area (TPSA) is 64.8 Å². The average molecular weight is 313 g/mol. The summed E-state index contributed by atoms with van der Waals surface area (Å²) in [5.74, 6) is -0.514. The van der Waals surface area contributed by atoms with E-state index in [9.17, 15) is 10.1 Å². The minimum atomic E-state index is -0.514. The van der Waals surface area contributed by atoms with Crippen LogP contribution < -0.4 is 0 Å². The van der Waals surface area contributed by atoms with Gasteiger partial charge in [0.15, 0.2) is 5.79 Å². The Bertz CT molecular complexity index is 546. The molecule has 3 rings (SSSR count). The average Bonchev–Trinajstić information content (AvgIpc) is 2.88. The molecule has 0 bridgehead atoms. The summed E-state index contributed by atoms with van der Waals surface area (Å²) in [6.07, 6.45) is 1.84. The lowest BCUT2D eigenvalue weighted by atomic mass is 10.0. The Balaban J connectivity index is 1.75. The molecule has 0 amide bonds. The third-order valence-corrected chi connectivity index (χ3v) is 4.18. The van der Waals surface area contributed by atoms with E-state index in [-0.39, 0.29) is 10.6 Å². The zero-order chi connectivity index (χ0) is 14.9. The molecule has 0 atom stereocenters. The molecule has 2 saturated heterocycles. The molecular formula is C14H17ClN2O4. The second-order valence-corrected chi connectivity index (χ2v) is 5.89. The first-order valence-electron chi connectivity index (χ1n) is 7.01. The van der Waals surface area contributed by atoms with Gasteiger partial charge in [0, 0.05) is 29.6 Å². The van der Waals surface area contributed by atoms with Crippen LogP contribution in [-0.2, 0) is 16.0 Å². The monoisotopic (exact) mass is 312 g/mol. The number of hydrogen-bond donors (Lipinski definition) is 0. The van der Waals surface area contributed by atoms with Gasteiger partial charge in [-0.2, -0.15) is 0 Å². The number of ether oxygens (including phenoxy) is 2. The first kappa shape index (κ1) is 14.7. The summed E-state index contributed by atoms with van der Waals surface area (Å²) in [5.41, 5.74) is 0.731. The highest BCUT2D eigenvalue weighted by Gasteiger charge is 2.40. The van der Waals surface area contributed by atoms with Crippen molar-refractivity contribution in [2.75, 3.05) is 26.3 Å². The van der Waals surface area contributed by atoms with Crippen LogP contribution >= 0.6 is 11.6 Å². The van der Waals surface area contributed by atoms with E-state index in [1.807, 2.05) is 0 Å². The van der Waals surface area contributed by atoms with Gasteiger partial charge in [0.1, 0.15) is 0 Å². The van der Waals surface area contributed by atoms with Gasteiger partial charge in [-0.15, -0.1) is 0 Å². The largest absolute Gasteiger partial charge is 0.346 e.